The first-order valence-corrected chi connectivity index (χ1v) is 5.62. The van der Waals surface area contributed by atoms with Crippen LogP contribution >= 0.6 is 11.6 Å². The number of halogens is 1. The van der Waals surface area contributed by atoms with Crippen LogP contribution in [-0.4, -0.2) is 6.61 Å². The van der Waals surface area contributed by atoms with Crippen LogP contribution in [0.5, 0.6) is 5.75 Å². The first-order chi connectivity index (χ1) is 7.42. The first kappa shape index (κ1) is 12.9. The summed E-state index contributed by atoms with van der Waals surface area (Å²) in [5.41, 5.74) is 0.798. The molecule has 0 aliphatic heterocycles. The van der Waals surface area contributed by atoms with Crippen molar-refractivity contribution in [3.63, 3.8) is 0 Å². The van der Waals surface area contributed by atoms with Crippen LogP contribution in [0.2, 0.25) is 5.02 Å². The summed E-state index contributed by atoms with van der Waals surface area (Å²) in [5.74, 6) is 0.643. The predicted molar refractivity (Wildman–Crippen MR) is 65.7 cm³/mol. The summed E-state index contributed by atoms with van der Waals surface area (Å²) in [6.45, 7) is 7.12. The zero-order chi connectivity index (χ0) is 12.2. The predicted octanol–water partition coefficient (Wildman–Crippen LogP) is 4.03. The molecule has 0 saturated carbocycles. The van der Waals surface area contributed by atoms with Gasteiger partial charge in [0.05, 0.1) is 23.3 Å². The third-order valence-corrected chi connectivity index (χ3v) is 2.47. The maximum absolute atomic E-state index is 8.69. The Hall–Kier alpha value is -1.20. The van der Waals surface area contributed by atoms with Gasteiger partial charge < -0.3 is 4.74 Å². The molecule has 86 valence electrons. The second kappa shape index (κ2) is 5.23. The molecule has 0 saturated heterocycles. The van der Waals surface area contributed by atoms with E-state index in [9.17, 15) is 0 Å². The van der Waals surface area contributed by atoms with E-state index in [1.807, 2.05) is 6.07 Å². The number of hydrogen-bond acceptors (Lipinski definition) is 2. The van der Waals surface area contributed by atoms with E-state index in [0.29, 0.717) is 22.9 Å². The lowest BCUT2D eigenvalue weighted by Crippen LogP contribution is -2.11. The van der Waals surface area contributed by atoms with Crippen LogP contribution in [0.25, 0.3) is 0 Å². The molecule has 0 spiro atoms. The van der Waals surface area contributed by atoms with Crippen molar-refractivity contribution in [1.29, 1.82) is 5.26 Å². The van der Waals surface area contributed by atoms with Crippen molar-refractivity contribution in [3.8, 4) is 11.8 Å². The van der Waals surface area contributed by atoms with Crippen LogP contribution in [0.1, 0.15) is 32.8 Å². The highest BCUT2D eigenvalue weighted by Gasteiger charge is 2.10. The van der Waals surface area contributed by atoms with Gasteiger partial charge in [0.25, 0.3) is 0 Å². The number of nitrogens with zero attached hydrogens (tertiary/aromatic N) is 1. The minimum Gasteiger partial charge on any atom is -0.492 e. The third kappa shape index (κ3) is 4.12. The van der Waals surface area contributed by atoms with Crippen molar-refractivity contribution in [2.24, 2.45) is 5.41 Å². The first-order valence-electron chi connectivity index (χ1n) is 5.25. The second-order valence-electron chi connectivity index (χ2n) is 4.92. The Kier molecular flexibility index (Phi) is 4.20. The number of rotatable bonds is 3. The van der Waals surface area contributed by atoms with Crippen molar-refractivity contribution in [1.82, 2.24) is 0 Å². The molecule has 3 heteroatoms. The highest BCUT2D eigenvalue weighted by molar-refractivity contribution is 6.32. The van der Waals surface area contributed by atoms with E-state index < -0.39 is 0 Å². The van der Waals surface area contributed by atoms with E-state index in [4.69, 9.17) is 21.6 Å². The molecule has 0 radical (unpaired) electrons. The monoisotopic (exact) mass is 237 g/mol. The molecule has 1 rings (SSSR count). The molecule has 0 bridgehead atoms. The fourth-order valence-electron chi connectivity index (χ4n) is 1.15. The molecule has 0 fully saturated rings. The minimum absolute atomic E-state index is 0.249. The number of benzene rings is 1. The Bertz CT molecular complexity index is 401. The number of hydrogen-bond donors (Lipinski definition) is 0. The van der Waals surface area contributed by atoms with Crippen molar-refractivity contribution >= 4 is 11.6 Å². The number of nitriles is 1. The van der Waals surface area contributed by atoms with Gasteiger partial charge >= 0.3 is 0 Å². The van der Waals surface area contributed by atoms with Crippen molar-refractivity contribution in [3.05, 3.63) is 28.8 Å². The van der Waals surface area contributed by atoms with E-state index in [2.05, 4.69) is 20.8 Å². The molecule has 0 atom stereocenters. The van der Waals surface area contributed by atoms with Crippen LogP contribution in [0.4, 0.5) is 0 Å². The Labute approximate surface area is 102 Å². The van der Waals surface area contributed by atoms with Gasteiger partial charge in [-0.1, -0.05) is 32.4 Å². The molecule has 1 aromatic carbocycles. The molecule has 2 nitrogen and oxygen atoms in total. The second-order valence-corrected chi connectivity index (χ2v) is 5.32. The average molecular weight is 238 g/mol. The topological polar surface area (TPSA) is 33.0 Å². The van der Waals surface area contributed by atoms with Gasteiger partial charge in [-0.15, -0.1) is 0 Å². The smallest absolute Gasteiger partial charge is 0.137 e. The Morgan fingerprint density at radius 3 is 2.56 bits per heavy atom. The van der Waals surface area contributed by atoms with Gasteiger partial charge in [0.2, 0.25) is 0 Å². The Morgan fingerprint density at radius 2 is 2.06 bits per heavy atom. The van der Waals surface area contributed by atoms with Crippen LogP contribution in [-0.2, 0) is 0 Å². The van der Waals surface area contributed by atoms with Gasteiger partial charge in [0.1, 0.15) is 5.75 Å². The summed E-state index contributed by atoms with van der Waals surface area (Å²) in [6, 6.07) is 7.10. The highest BCUT2D eigenvalue weighted by atomic mass is 35.5. The molecule has 0 aliphatic carbocycles. The summed E-state index contributed by atoms with van der Waals surface area (Å²) in [5, 5.41) is 9.18. The SMILES string of the molecule is CC(C)(C)CCOc1ccc(C#N)cc1Cl. The van der Waals surface area contributed by atoms with Crippen LogP contribution in [0, 0.1) is 16.7 Å². The van der Waals surface area contributed by atoms with E-state index in [1.54, 1.807) is 18.2 Å². The largest absolute Gasteiger partial charge is 0.492 e. The lowest BCUT2D eigenvalue weighted by Gasteiger charge is -2.18. The van der Waals surface area contributed by atoms with Crippen LogP contribution in [0.15, 0.2) is 18.2 Å². The fourth-order valence-corrected chi connectivity index (χ4v) is 1.39. The fraction of sp³-hybridized carbons (Fsp3) is 0.462. The molecular weight excluding hydrogens is 222 g/mol. The highest BCUT2D eigenvalue weighted by Crippen LogP contribution is 2.26. The lowest BCUT2D eigenvalue weighted by molar-refractivity contribution is 0.243. The van der Waals surface area contributed by atoms with Gasteiger partial charge in [-0.25, -0.2) is 0 Å². The lowest BCUT2D eigenvalue weighted by atomic mass is 9.93. The molecule has 16 heavy (non-hydrogen) atoms. The zero-order valence-electron chi connectivity index (χ0n) is 9.88. The van der Waals surface area contributed by atoms with Gasteiger partial charge in [0.15, 0.2) is 0 Å². The van der Waals surface area contributed by atoms with Crippen molar-refractivity contribution < 1.29 is 4.74 Å². The summed E-state index contributed by atoms with van der Waals surface area (Å²) in [4.78, 5) is 0. The summed E-state index contributed by atoms with van der Waals surface area (Å²) in [6.07, 6.45) is 0.962. The van der Waals surface area contributed by atoms with Crippen LogP contribution < -0.4 is 4.74 Å². The normalized spacial score (nSPS) is 10.9. The van der Waals surface area contributed by atoms with Gasteiger partial charge in [0, 0.05) is 0 Å². The minimum atomic E-state index is 0.249. The Morgan fingerprint density at radius 1 is 1.38 bits per heavy atom. The van der Waals surface area contributed by atoms with Gasteiger partial charge in [-0.05, 0) is 30.0 Å². The molecule has 0 heterocycles. The summed E-state index contributed by atoms with van der Waals surface area (Å²) < 4.78 is 5.57. The zero-order valence-corrected chi connectivity index (χ0v) is 10.6. The summed E-state index contributed by atoms with van der Waals surface area (Å²) in [7, 11) is 0. The quantitative estimate of drug-likeness (QED) is 0.795. The third-order valence-electron chi connectivity index (χ3n) is 2.17. The van der Waals surface area contributed by atoms with Gasteiger partial charge in [-0.3, -0.25) is 0 Å². The molecule has 1 aromatic rings. The molecule has 0 aromatic heterocycles. The van der Waals surface area contributed by atoms with E-state index in [-0.39, 0.29) is 5.41 Å². The molecule has 0 N–H and O–H groups in total. The van der Waals surface area contributed by atoms with Crippen LogP contribution in [0.3, 0.4) is 0 Å². The Balaban J connectivity index is 2.59. The van der Waals surface area contributed by atoms with E-state index in [1.165, 1.54) is 0 Å². The number of ether oxygens (including phenoxy) is 1. The molecule has 0 amide bonds. The van der Waals surface area contributed by atoms with Crippen molar-refractivity contribution in [2.75, 3.05) is 6.61 Å². The average Bonchev–Trinajstić information content (AvgIpc) is 2.18. The standard InChI is InChI=1S/C13H16ClNO/c1-13(2,3)6-7-16-12-5-4-10(9-15)8-11(12)14/h4-5,8H,6-7H2,1-3H3. The maximum Gasteiger partial charge on any atom is 0.137 e. The molecule has 0 aliphatic rings. The van der Waals surface area contributed by atoms with Gasteiger partial charge in [-0.2, -0.15) is 5.26 Å². The molecular formula is C13H16ClNO. The summed E-state index contributed by atoms with van der Waals surface area (Å²) >= 11 is 5.98. The maximum atomic E-state index is 8.69. The molecule has 0 unspecified atom stereocenters. The van der Waals surface area contributed by atoms with E-state index >= 15 is 0 Å². The van der Waals surface area contributed by atoms with Crippen molar-refractivity contribution in [2.45, 2.75) is 27.2 Å². The van der Waals surface area contributed by atoms with E-state index in [0.717, 1.165) is 6.42 Å².